The van der Waals surface area contributed by atoms with Crippen LogP contribution in [0.25, 0.3) is 134 Å². The van der Waals surface area contributed by atoms with Crippen LogP contribution in [0.5, 0.6) is 46.0 Å². The molecule has 0 N–H and O–H groups in total. The Hall–Kier alpha value is -15.4. The second-order valence-corrected chi connectivity index (χ2v) is 30.0. The predicted octanol–water partition coefficient (Wildman–Crippen LogP) is 23.8. The number of halogens is 12. The number of fused-ring (bicyclic) bond motifs is 20. The Morgan fingerprint density at radius 2 is 0.454 bits per heavy atom. The normalized spacial score (nSPS) is 11.6. The van der Waals surface area contributed by atoms with Crippen LogP contribution >= 0.6 is 0 Å². The standard InChI is InChI=1S/C96H60F12N8O12.O.V/c1-41(2)121-93(117)53-37-21-33-49(45-25-13-9-14-26-45)77(53)125-81-69(101)61-57(65(97)73(81)105)85-109-86-58-62(70(102)82(74(106)66(58)98)126-78-50(46-27-15-10-16-28-46)34-22-38-54(78)94(118)122-42(3)4)90(111-86)113-88-60-64(72(104)84(76(108)68(60)100)128-80-52(48-31-19-12-20-32-48)36-24-40-56(80)96(120)124-44(7)8)92(115-88)116-91-63-59(87(114-91)112-89(61)110-85)67(99)75(107)83(71(63)103)127-79-51(47-29-17-11-18-30-47)35-23-39-55(79)95(119)123-43(5)6;;/h9-44H,1-8H3;;/q-2;;+2. The molecule has 15 aromatic rings. The molecule has 2 aliphatic heterocycles. The van der Waals surface area contributed by atoms with Crippen molar-refractivity contribution in [1.82, 2.24) is 39.9 Å². The molecule has 0 fully saturated rings. The van der Waals surface area contributed by atoms with E-state index in [0.29, 0.717) is 0 Å². The van der Waals surface area contributed by atoms with Gasteiger partial charge in [-0.1, -0.05) is 170 Å². The van der Waals surface area contributed by atoms with Gasteiger partial charge in [-0.05, 0) is 102 Å². The summed E-state index contributed by atoms with van der Waals surface area (Å²) in [5, 5.41) is -5.76. The molecule has 21 nitrogen and oxygen atoms in total. The van der Waals surface area contributed by atoms with Crippen LogP contribution in [0.3, 0.4) is 0 Å². The van der Waals surface area contributed by atoms with Gasteiger partial charge in [-0.15, -0.1) is 0 Å². The maximum absolute atomic E-state index is 19.0. The average molecular weight is 1810 g/mol. The molecule has 0 aliphatic carbocycles. The molecule has 2 aliphatic rings. The summed E-state index contributed by atoms with van der Waals surface area (Å²) in [4.78, 5) is 90.4. The average Bonchev–Trinajstić information content (AvgIpc) is 1.56. The molecule has 8 bridgehead atoms. The predicted molar refractivity (Wildman–Crippen MR) is 444 cm³/mol. The summed E-state index contributed by atoms with van der Waals surface area (Å²) in [7, 11) is 0. The van der Waals surface area contributed by atoms with Gasteiger partial charge >= 0.3 is 44.9 Å². The van der Waals surface area contributed by atoms with E-state index in [1.165, 1.54) is 152 Å². The monoisotopic (exact) mass is 1810 g/mol. The van der Waals surface area contributed by atoms with Gasteiger partial charge in [-0.3, -0.25) is 0 Å². The van der Waals surface area contributed by atoms with E-state index in [-0.39, 0.29) is 44.5 Å². The topological polar surface area (TPSA) is 265 Å². The van der Waals surface area contributed by atoms with Crippen molar-refractivity contribution in [1.29, 1.82) is 0 Å². The van der Waals surface area contributed by atoms with E-state index in [1.807, 2.05) is 0 Å². The molecule has 34 heteroatoms. The summed E-state index contributed by atoms with van der Waals surface area (Å²) in [5.41, 5.74) is -12.8. The van der Waals surface area contributed by atoms with Gasteiger partial charge in [-0.2, -0.15) is 17.6 Å². The van der Waals surface area contributed by atoms with Gasteiger partial charge in [0.15, 0.2) is 46.5 Å². The van der Waals surface area contributed by atoms with Crippen molar-refractivity contribution in [3.63, 3.8) is 0 Å². The third-order valence-corrected chi connectivity index (χ3v) is 20.1. The first-order chi connectivity index (χ1) is 62.5. The number of benzene rings is 12. The zero-order chi connectivity index (χ0) is 92.3. The molecule has 12 aromatic carbocycles. The first-order valence-corrected chi connectivity index (χ1v) is 40.0. The van der Waals surface area contributed by atoms with Crippen LogP contribution in [0.1, 0.15) is 96.8 Å². The van der Waals surface area contributed by atoms with Crippen LogP contribution in [0.2, 0.25) is 0 Å². The second kappa shape index (κ2) is 35.8. The van der Waals surface area contributed by atoms with E-state index in [9.17, 15) is 19.2 Å². The SMILES string of the molecule is CC(C)OC(=O)c1cccc(-c2ccccc2)c1Oc1c(F)c(F)c2c(c1F)-c1nc-2nc2[n-]c(nc3nc(nc4[n-]c(n1)c1c(F)c(F)c(Oc5c(C(=O)OC(C)C)cccc5-c5ccccc5)c(F)c41)-c1c(F)c(Oc4c(C(=O)OC(C)C)cccc4-c4ccccc4)c(F)c(F)c1-3)c1c(F)c(Oc3c(C(=O)OC(C)C)cccc3-c3ccccc3)c(F)c(F)c21.[O]=[V+2]. The van der Waals surface area contributed by atoms with Gasteiger partial charge in [0.1, 0.15) is 45.3 Å². The third-order valence-electron chi connectivity index (χ3n) is 20.1. The Kier molecular flexibility index (Phi) is 24.3. The molecule has 0 unspecified atom stereocenters. The molecular weight excluding hydrogens is 1750 g/mol. The molecule has 0 amide bonds. The number of carbonyl (C=O) groups is 4. The van der Waals surface area contributed by atoms with Gasteiger partial charge in [-0.25, -0.2) is 64.3 Å². The number of aromatic nitrogens is 8. The molecule has 0 radical (unpaired) electrons. The van der Waals surface area contributed by atoms with Crippen LogP contribution in [-0.4, -0.2) is 78.2 Å². The summed E-state index contributed by atoms with van der Waals surface area (Å²) in [6, 6.07) is 46.2. The summed E-state index contributed by atoms with van der Waals surface area (Å²) in [6.45, 7) is 11.8. The quantitative estimate of drug-likeness (QED) is 0.0297. The Balaban J connectivity index is 0.00000614. The van der Waals surface area contributed by atoms with Crippen LogP contribution in [0, 0.1) is 69.8 Å². The number of hydrogen-bond acceptors (Lipinski definition) is 19. The fraction of sp³-hybridized carbons (Fsp3) is 0.125. The van der Waals surface area contributed by atoms with E-state index in [1.54, 1.807) is 72.8 Å². The summed E-state index contributed by atoms with van der Waals surface area (Å²) < 4.78 is 276. The van der Waals surface area contributed by atoms with Crippen molar-refractivity contribution in [3.8, 4) is 136 Å². The number of esters is 4. The van der Waals surface area contributed by atoms with Crippen LogP contribution < -0.4 is 28.9 Å². The van der Waals surface area contributed by atoms with Gasteiger partial charge in [0.2, 0.25) is 46.3 Å². The van der Waals surface area contributed by atoms with E-state index >= 15 is 52.7 Å². The second-order valence-electron chi connectivity index (χ2n) is 30.0. The van der Waals surface area contributed by atoms with Gasteiger partial charge in [0.05, 0.1) is 70.0 Å². The first kappa shape index (κ1) is 88.1. The molecule has 651 valence electrons. The van der Waals surface area contributed by atoms with Crippen LogP contribution in [0.15, 0.2) is 194 Å². The number of carbonyl (C=O) groups excluding carboxylic acids is 4. The van der Waals surface area contributed by atoms with E-state index in [2.05, 4.69) is 39.9 Å². The molecule has 17 rings (SSSR count). The molecular formula is C96H60F12N8O13V. The third kappa shape index (κ3) is 15.9. The molecule has 3 aromatic heterocycles. The first-order valence-electron chi connectivity index (χ1n) is 39.5. The fourth-order valence-corrected chi connectivity index (χ4v) is 14.6. The number of rotatable bonds is 20. The van der Waals surface area contributed by atoms with Crippen molar-refractivity contribution in [2.45, 2.75) is 79.8 Å². The summed E-state index contributed by atoms with van der Waals surface area (Å²) >= 11 is 1.06. The Morgan fingerprint density at radius 1 is 0.246 bits per heavy atom. The Morgan fingerprint density at radius 3 is 0.685 bits per heavy atom. The number of hydrogen-bond donors (Lipinski definition) is 0. The molecule has 130 heavy (non-hydrogen) atoms. The molecule has 0 saturated carbocycles. The van der Waals surface area contributed by atoms with Crippen molar-refractivity contribution in [3.05, 3.63) is 286 Å². The van der Waals surface area contributed by atoms with Crippen molar-refractivity contribution >= 4 is 68.0 Å². The summed E-state index contributed by atoms with van der Waals surface area (Å²) in [5.74, 6) is -46.0. The Labute approximate surface area is 736 Å². The number of ether oxygens (including phenoxy) is 8. The molecule has 0 saturated heterocycles. The summed E-state index contributed by atoms with van der Waals surface area (Å²) in [6.07, 6.45) is -3.39. The zero-order valence-corrected chi connectivity index (χ0v) is 70.0. The maximum atomic E-state index is 19.0. The number of para-hydroxylation sites is 4. The van der Waals surface area contributed by atoms with E-state index in [0.717, 1.165) is 41.6 Å². The minimum absolute atomic E-state index is 0.0784. The molecule has 0 atom stereocenters. The fourth-order valence-electron chi connectivity index (χ4n) is 14.6. The van der Waals surface area contributed by atoms with Crippen molar-refractivity contribution < 1.29 is 131 Å². The number of nitrogens with zero attached hydrogens (tertiary/aromatic N) is 8. The van der Waals surface area contributed by atoms with Crippen LogP contribution in [0.4, 0.5) is 52.7 Å². The van der Waals surface area contributed by atoms with Gasteiger partial charge in [0, 0.05) is 66.4 Å². The van der Waals surface area contributed by atoms with E-state index in [4.69, 9.17) is 41.6 Å². The molecule has 0 spiro atoms. The van der Waals surface area contributed by atoms with Crippen molar-refractivity contribution in [2.24, 2.45) is 0 Å². The minimum atomic E-state index is -2.28. The van der Waals surface area contributed by atoms with Gasteiger partial charge in [0.25, 0.3) is 0 Å². The molecule has 5 heterocycles. The van der Waals surface area contributed by atoms with Gasteiger partial charge < -0.3 is 67.8 Å². The van der Waals surface area contributed by atoms with Crippen molar-refractivity contribution in [2.75, 3.05) is 0 Å². The Bertz CT molecular complexity index is 7380. The van der Waals surface area contributed by atoms with Crippen LogP contribution in [-0.2, 0) is 40.0 Å². The zero-order valence-electron chi connectivity index (χ0n) is 68.7. The van der Waals surface area contributed by atoms with E-state index < -0.39 is 276 Å².